The highest BCUT2D eigenvalue weighted by Gasteiger charge is 2.27. The smallest absolute Gasteiger partial charge is 0.315 e. The Bertz CT molecular complexity index is 601. The Morgan fingerprint density at radius 2 is 2.04 bits per heavy atom. The minimum Gasteiger partial charge on any atom is -0.388 e. The number of nitrogens with one attached hydrogen (secondary N) is 2. The molecule has 0 aliphatic heterocycles. The van der Waals surface area contributed by atoms with Crippen LogP contribution in [-0.4, -0.2) is 28.2 Å². The van der Waals surface area contributed by atoms with Crippen molar-refractivity contribution in [3.05, 3.63) is 39.4 Å². The highest BCUT2D eigenvalue weighted by Crippen LogP contribution is 2.23. The van der Waals surface area contributed by atoms with E-state index < -0.39 is 22.6 Å². The molecule has 0 aromatic heterocycles. The first-order valence-electron chi connectivity index (χ1n) is 8.10. The van der Waals surface area contributed by atoms with Crippen LogP contribution in [0.4, 0.5) is 10.5 Å². The Kier molecular flexibility index (Phi) is 6.71. The highest BCUT2D eigenvalue weighted by atomic mass is 16.6. The zero-order valence-electron chi connectivity index (χ0n) is 14.9. The average Bonchev–Trinajstić information content (AvgIpc) is 2.52. The van der Waals surface area contributed by atoms with Crippen LogP contribution in [0.5, 0.6) is 0 Å². The van der Waals surface area contributed by atoms with Gasteiger partial charge in [0.15, 0.2) is 0 Å². The second kappa shape index (κ2) is 8.10. The molecule has 24 heavy (non-hydrogen) atoms. The van der Waals surface area contributed by atoms with Crippen molar-refractivity contribution >= 4 is 11.7 Å². The molecule has 7 heteroatoms. The minimum atomic E-state index is -0.988. The van der Waals surface area contributed by atoms with Gasteiger partial charge in [-0.1, -0.05) is 32.4 Å². The van der Waals surface area contributed by atoms with Crippen LogP contribution in [0.15, 0.2) is 18.2 Å². The third kappa shape index (κ3) is 5.19. The molecule has 7 nitrogen and oxygen atoms in total. The van der Waals surface area contributed by atoms with Crippen LogP contribution in [-0.2, 0) is 0 Å². The molecule has 0 fully saturated rings. The normalized spacial score (nSPS) is 15.9. The van der Waals surface area contributed by atoms with E-state index in [2.05, 4.69) is 10.6 Å². The number of aryl methyl sites for hydroxylation is 1. The fourth-order valence-electron chi connectivity index (χ4n) is 2.30. The number of nitrogens with zero attached hydrogens (tertiary/aromatic N) is 1. The first-order chi connectivity index (χ1) is 11.1. The number of amides is 2. The van der Waals surface area contributed by atoms with Crippen molar-refractivity contribution in [1.82, 2.24) is 10.6 Å². The molecule has 1 rings (SSSR count). The molecule has 1 aromatic rings. The largest absolute Gasteiger partial charge is 0.388 e. The van der Waals surface area contributed by atoms with Gasteiger partial charge in [0.1, 0.15) is 0 Å². The molecule has 3 atom stereocenters. The van der Waals surface area contributed by atoms with Crippen molar-refractivity contribution < 1.29 is 14.8 Å². The van der Waals surface area contributed by atoms with Crippen molar-refractivity contribution in [2.24, 2.45) is 5.92 Å². The molecule has 2 amide bonds. The molecule has 0 saturated carbocycles. The van der Waals surface area contributed by atoms with Crippen molar-refractivity contribution in [3.8, 4) is 0 Å². The Labute approximate surface area is 142 Å². The van der Waals surface area contributed by atoms with Gasteiger partial charge in [0.05, 0.1) is 16.6 Å². The van der Waals surface area contributed by atoms with Gasteiger partial charge in [0, 0.05) is 18.2 Å². The highest BCUT2D eigenvalue weighted by molar-refractivity contribution is 5.74. The summed E-state index contributed by atoms with van der Waals surface area (Å²) >= 11 is 0. The molecule has 0 heterocycles. The van der Waals surface area contributed by atoms with Crippen LogP contribution in [0.3, 0.4) is 0 Å². The summed E-state index contributed by atoms with van der Waals surface area (Å²) in [6.45, 7) is 9.15. The van der Waals surface area contributed by atoms with Crippen molar-refractivity contribution in [1.29, 1.82) is 0 Å². The molecule has 134 valence electrons. The van der Waals surface area contributed by atoms with Crippen LogP contribution in [0.25, 0.3) is 0 Å². The molecule has 3 N–H and O–H groups in total. The Hall–Kier alpha value is -2.15. The lowest BCUT2D eigenvalue weighted by Gasteiger charge is -2.30. The molecule has 0 saturated heterocycles. The van der Waals surface area contributed by atoms with Crippen molar-refractivity contribution in [2.45, 2.75) is 52.7 Å². The van der Waals surface area contributed by atoms with E-state index in [9.17, 15) is 20.0 Å². The van der Waals surface area contributed by atoms with E-state index >= 15 is 0 Å². The van der Waals surface area contributed by atoms with E-state index in [1.165, 1.54) is 6.07 Å². The number of rotatable bonds is 7. The number of carbonyl (C=O) groups is 1. The van der Waals surface area contributed by atoms with Gasteiger partial charge in [-0.2, -0.15) is 0 Å². The second-order valence-electron chi connectivity index (χ2n) is 6.52. The monoisotopic (exact) mass is 337 g/mol. The lowest BCUT2D eigenvalue weighted by atomic mass is 9.89. The molecular weight excluding hydrogens is 310 g/mol. The maximum atomic E-state index is 12.0. The summed E-state index contributed by atoms with van der Waals surface area (Å²) < 4.78 is 0. The molecule has 0 aliphatic carbocycles. The number of urea groups is 1. The van der Waals surface area contributed by atoms with Crippen LogP contribution < -0.4 is 10.6 Å². The first-order valence-corrected chi connectivity index (χ1v) is 8.10. The Balaban J connectivity index is 2.68. The van der Waals surface area contributed by atoms with Gasteiger partial charge in [-0.3, -0.25) is 10.1 Å². The van der Waals surface area contributed by atoms with Crippen molar-refractivity contribution in [2.75, 3.05) is 6.54 Å². The van der Waals surface area contributed by atoms with E-state index in [4.69, 9.17) is 0 Å². The zero-order valence-corrected chi connectivity index (χ0v) is 14.9. The minimum absolute atomic E-state index is 0.0289. The maximum Gasteiger partial charge on any atom is 0.315 e. The number of nitro benzene ring substituents is 1. The number of benzene rings is 1. The number of hydrogen-bond acceptors (Lipinski definition) is 4. The van der Waals surface area contributed by atoms with E-state index in [1.807, 2.05) is 13.8 Å². The fourth-order valence-corrected chi connectivity index (χ4v) is 2.30. The van der Waals surface area contributed by atoms with Gasteiger partial charge < -0.3 is 15.7 Å². The molecule has 0 bridgehead atoms. The molecule has 0 radical (unpaired) electrons. The summed E-state index contributed by atoms with van der Waals surface area (Å²) in [5.74, 6) is 0.0509. The van der Waals surface area contributed by atoms with Gasteiger partial charge in [-0.15, -0.1) is 0 Å². The molecular formula is C17H27N3O4. The van der Waals surface area contributed by atoms with Crippen LogP contribution >= 0.6 is 0 Å². The van der Waals surface area contributed by atoms with E-state index in [0.29, 0.717) is 11.1 Å². The topological polar surface area (TPSA) is 104 Å². The third-order valence-electron chi connectivity index (χ3n) is 4.56. The lowest BCUT2D eigenvalue weighted by Crippen LogP contribution is -2.48. The third-order valence-corrected chi connectivity index (χ3v) is 4.56. The quantitative estimate of drug-likeness (QED) is 0.525. The summed E-state index contributed by atoms with van der Waals surface area (Å²) in [6.07, 6.45) is 0.805. The van der Waals surface area contributed by atoms with Crippen molar-refractivity contribution in [3.63, 3.8) is 0 Å². The van der Waals surface area contributed by atoms with Crippen LogP contribution in [0.2, 0.25) is 0 Å². The van der Waals surface area contributed by atoms with Gasteiger partial charge in [0.25, 0.3) is 5.69 Å². The summed E-state index contributed by atoms with van der Waals surface area (Å²) in [6, 6.07) is 4.07. The van der Waals surface area contributed by atoms with Gasteiger partial charge >= 0.3 is 6.03 Å². The number of nitro groups is 1. The Morgan fingerprint density at radius 3 is 2.58 bits per heavy atom. The number of aliphatic hydroxyl groups is 1. The SMILES string of the molecule is CCC(C)C(C)(O)CNC(=O)NC(C)c1ccc(C)c([N+](=O)[O-])c1. The Morgan fingerprint density at radius 1 is 1.42 bits per heavy atom. The number of carbonyl (C=O) groups excluding carboxylic acids is 1. The van der Waals surface area contributed by atoms with Crippen LogP contribution in [0.1, 0.15) is 51.3 Å². The van der Waals surface area contributed by atoms with E-state index in [0.717, 1.165) is 6.42 Å². The predicted molar refractivity (Wildman–Crippen MR) is 92.9 cm³/mol. The lowest BCUT2D eigenvalue weighted by molar-refractivity contribution is -0.385. The molecule has 0 spiro atoms. The first kappa shape index (κ1) is 19.9. The molecule has 1 aromatic carbocycles. The standard InChI is InChI=1S/C17H27N3O4/c1-6-12(3)17(5,22)10-18-16(21)19-13(4)14-8-7-11(2)15(9-14)20(23)24/h7-9,12-13,22H,6,10H2,1-5H3,(H2,18,19,21). The summed E-state index contributed by atoms with van der Waals surface area (Å²) in [7, 11) is 0. The van der Waals surface area contributed by atoms with E-state index in [1.54, 1.807) is 32.9 Å². The maximum absolute atomic E-state index is 12.0. The summed E-state index contributed by atoms with van der Waals surface area (Å²) in [4.78, 5) is 22.6. The molecule has 0 aliphatic rings. The zero-order chi connectivity index (χ0) is 18.5. The van der Waals surface area contributed by atoms with Gasteiger partial charge in [0.2, 0.25) is 0 Å². The summed E-state index contributed by atoms with van der Waals surface area (Å²) in [5.41, 5.74) is 0.264. The van der Waals surface area contributed by atoms with Gasteiger partial charge in [-0.25, -0.2) is 4.79 Å². The average molecular weight is 337 g/mol. The van der Waals surface area contributed by atoms with E-state index in [-0.39, 0.29) is 18.2 Å². The number of hydrogen-bond donors (Lipinski definition) is 3. The second-order valence-corrected chi connectivity index (χ2v) is 6.52. The fraction of sp³-hybridized carbons (Fsp3) is 0.588. The van der Waals surface area contributed by atoms with Crippen LogP contribution in [0, 0.1) is 23.0 Å². The van der Waals surface area contributed by atoms with Gasteiger partial charge in [-0.05, 0) is 32.3 Å². The predicted octanol–water partition coefficient (Wildman–Crippen LogP) is 3.06. The molecule has 3 unspecified atom stereocenters. The summed E-state index contributed by atoms with van der Waals surface area (Å²) in [5, 5.41) is 26.7.